The Hall–Kier alpha value is -0.870. The highest BCUT2D eigenvalue weighted by molar-refractivity contribution is 4.95. The first kappa shape index (κ1) is 12.2. The van der Waals surface area contributed by atoms with Crippen LogP contribution in [0, 0.1) is 12.8 Å². The Bertz CT molecular complexity index is 296. The summed E-state index contributed by atoms with van der Waals surface area (Å²) in [6, 6.07) is -0.0854. The molecule has 0 fully saturated rings. The van der Waals surface area contributed by atoms with Crippen molar-refractivity contribution in [3.05, 3.63) is 18.2 Å². The summed E-state index contributed by atoms with van der Waals surface area (Å²) < 4.78 is 1.95. The summed E-state index contributed by atoms with van der Waals surface area (Å²) in [6.07, 6.45) is 4.51. The van der Waals surface area contributed by atoms with Crippen LogP contribution >= 0.6 is 0 Å². The molecule has 2 atom stereocenters. The van der Waals surface area contributed by atoms with Gasteiger partial charge in [0.25, 0.3) is 0 Å². The molecule has 0 aromatic carbocycles. The van der Waals surface area contributed by atoms with Crippen LogP contribution in [0.5, 0.6) is 0 Å². The van der Waals surface area contributed by atoms with Crippen LogP contribution in [0.1, 0.15) is 32.1 Å². The maximum Gasteiger partial charge on any atom is 0.105 e. The van der Waals surface area contributed by atoms with Crippen molar-refractivity contribution in [3.8, 4) is 0 Å². The largest absolute Gasteiger partial charge is 0.394 e. The summed E-state index contributed by atoms with van der Waals surface area (Å²) in [7, 11) is 0. The third kappa shape index (κ3) is 3.04. The number of hydrogen-bond acceptors (Lipinski definition) is 3. The van der Waals surface area contributed by atoms with E-state index in [1.54, 1.807) is 6.20 Å². The molecular weight excluding hydrogens is 190 g/mol. The van der Waals surface area contributed by atoms with Crippen molar-refractivity contribution < 1.29 is 5.11 Å². The molecule has 86 valence electrons. The zero-order valence-corrected chi connectivity index (χ0v) is 9.72. The smallest absolute Gasteiger partial charge is 0.105 e. The molecule has 1 aromatic heterocycles. The van der Waals surface area contributed by atoms with Crippen molar-refractivity contribution in [1.82, 2.24) is 9.55 Å². The molecule has 0 bridgehead atoms. The third-order valence-corrected chi connectivity index (χ3v) is 2.64. The maximum atomic E-state index is 9.38. The molecule has 0 spiro atoms. The zero-order chi connectivity index (χ0) is 11.4. The number of nitrogens with zero attached hydrogens (tertiary/aromatic N) is 2. The van der Waals surface area contributed by atoms with E-state index in [9.17, 15) is 5.11 Å². The number of aliphatic hydroxyl groups excluding tert-OH is 1. The van der Waals surface area contributed by atoms with E-state index >= 15 is 0 Å². The van der Waals surface area contributed by atoms with Gasteiger partial charge >= 0.3 is 0 Å². The lowest BCUT2D eigenvalue weighted by Crippen LogP contribution is -2.36. The van der Waals surface area contributed by atoms with E-state index in [4.69, 9.17) is 5.73 Å². The number of aliphatic hydroxyl groups is 1. The standard InChI is InChI=1S/C11H21N3O/c1-8(2)6-10(12)11(7-15)14-5-4-13-9(14)3/h4-5,8,10-11,15H,6-7,12H2,1-3H3. The summed E-state index contributed by atoms with van der Waals surface area (Å²) in [4.78, 5) is 4.14. The molecular formula is C11H21N3O. The molecule has 1 aromatic rings. The number of nitrogens with two attached hydrogens (primary N) is 1. The molecule has 0 saturated carbocycles. The van der Waals surface area contributed by atoms with Crippen molar-refractivity contribution in [2.75, 3.05) is 6.61 Å². The molecule has 0 aliphatic heterocycles. The number of rotatable bonds is 5. The fourth-order valence-electron chi connectivity index (χ4n) is 1.87. The molecule has 0 aliphatic rings. The first-order valence-corrected chi connectivity index (χ1v) is 5.42. The van der Waals surface area contributed by atoms with Gasteiger partial charge in [-0.1, -0.05) is 13.8 Å². The Morgan fingerprint density at radius 1 is 1.53 bits per heavy atom. The molecule has 1 rings (SSSR count). The monoisotopic (exact) mass is 211 g/mol. The minimum Gasteiger partial charge on any atom is -0.394 e. The summed E-state index contributed by atoms with van der Waals surface area (Å²) in [5, 5.41) is 9.38. The van der Waals surface area contributed by atoms with E-state index in [1.807, 2.05) is 17.7 Å². The second-order valence-corrected chi connectivity index (χ2v) is 4.43. The topological polar surface area (TPSA) is 64.1 Å². The molecule has 15 heavy (non-hydrogen) atoms. The highest BCUT2D eigenvalue weighted by Gasteiger charge is 2.20. The van der Waals surface area contributed by atoms with Crippen LogP contribution in [-0.2, 0) is 0 Å². The Morgan fingerprint density at radius 3 is 2.60 bits per heavy atom. The van der Waals surface area contributed by atoms with Crippen LogP contribution in [-0.4, -0.2) is 27.3 Å². The van der Waals surface area contributed by atoms with Gasteiger partial charge in [-0.05, 0) is 19.3 Å². The van der Waals surface area contributed by atoms with Gasteiger partial charge in [-0.3, -0.25) is 0 Å². The molecule has 0 saturated heterocycles. The molecule has 0 aliphatic carbocycles. The number of imidazole rings is 1. The van der Waals surface area contributed by atoms with Gasteiger partial charge in [0.15, 0.2) is 0 Å². The Labute approximate surface area is 91.1 Å². The van der Waals surface area contributed by atoms with E-state index in [1.165, 1.54) is 0 Å². The van der Waals surface area contributed by atoms with Crippen molar-refractivity contribution in [2.45, 2.75) is 39.3 Å². The quantitative estimate of drug-likeness (QED) is 0.766. The van der Waals surface area contributed by atoms with E-state index in [0.717, 1.165) is 12.2 Å². The van der Waals surface area contributed by atoms with Crippen LogP contribution in [0.2, 0.25) is 0 Å². The fourth-order valence-corrected chi connectivity index (χ4v) is 1.87. The molecule has 2 unspecified atom stereocenters. The first-order chi connectivity index (χ1) is 7.06. The first-order valence-electron chi connectivity index (χ1n) is 5.42. The van der Waals surface area contributed by atoms with Crippen molar-refractivity contribution >= 4 is 0 Å². The average molecular weight is 211 g/mol. The molecule has 4 nitrogen and oxygen atoms in total. The van der Waals surface area contributed by atoms with Gasteiger partial charge in [0.2, 0.25) is 0 Å². The van der Waals surface area contributed by atoms with Gasteiger partial charge < -0.3 is 15.4 Å². The van der Waals surface area contributed by atoms with Gasteiger partial charge in [-0.15, -0.1) is 0 Å². The third-order valence-electron chi connectivity index (χ3n) is 2.64. The van der Waals surface area contributed by atoms with Crippen LogP contribution in [0.25, 0.3) is 0 Å². The van der Waals surface area contributed by atoms with E-state index in [2.05, 4.69) is 18.8 Å². The molecule has 4 heteroatoms. The lowest BCUT2D eigenvalue weighted by atomic mass is 9.98. The van der Waals surface area contributed by atoms with Crippen molar-refractivity contribution in [3.63, 3.8) is 0 Å². The van der Waals surface area contributed by atoms with Crippen LogP contribution in [0.4, 0.5) is 0 Å². The van der Waals surface area contributed by atoms with Crippen LogP contribution in [0.15, 0.2) is 12.4 Å². The zero-order valence-electron chi connectivity index (χ0n) is 9.72. The number of aryl methyl sites for hydroxylation is 1. The van der Waals surface area contributed by atoms with Gasteiger partial charge in [0.1, 0.15) is 5.82 Å². The molecule has 1 heterocycles. The highest BCUT2D eigenvalue weighted by Crippen LogP contribution is 2.17. The lowest BCUT2D eigenvalue weighted by molar-refractivity contribution is 0.195. The minimum absolute atomic E-state index is 0.0251. The second-order valence-electron chi connectivity index (χ2n) is 4.43. The average Bonchev–Trinajstić information content (AvgIpc) is 2.52. The summed E-state index contributed by atoms with van der Waals surface area (Å²) in [5.74, 6) is 1.44. The molecule has 0 radical (unpaired) electrons. The van der Waals surface area contributed by atoms with Crippen molar-refractivity contribution in [1.29, 1.82) is 0 Å². The molecule has 0 amide bonds. The summed E-state index contributed by atoms with van der Waals surface area (Å²) in [6.45, 7) is 6.25. The minimum atomic E-state index is -0.0603. The summed E-state index contributed by atoms with van der Waals surface area (Å²) in [5.41, 5.74) is 6.08. The van der Waals surface area contributed by atoms with E-state index in [-0.39, 0.29) is 18.7 Å². The van der Waals surface area contributed by atoms with Crippen LogP contribution < -0.4 is 5.73 Å². The predicted molar refractivity (Wildman–Crippen MR) is 60.5 cm³/mol. The summed E-state index contributed by atoms with van der Waals surface area (Å²) >= 11 is 0. The Kier molecular flexibility index (Phi) is 4.29. The number of hydrogen-bond donors (Lipinski definition) is 2. The molecule has 3 N–H and O–H groups in total. The lowest BCUT2D eigenvalue weighted by Gasteiger charge is -2.25. The van der Waals surface area contributed by atoms with E-state index < -0.39 is 0 Å². The van der Waals surface area contributed by atoms with Crippen molar-refractivity contribution in [2.24, 2.45) is 11.7 Å². The van der Waals surface area contributed by atoms with Crippen LogP contribution in [0.3, 0.4) is 0 Å². The van der Waals surface area contributed by atoms with E-state index in [0.29, 0.717) is 5.92 Å². The van der Waals surface area contributed by atoms with Gasteiger partial charge in [0, 0.05) is 18.4 Å². The number of aromatic nitrogens is 2. The normalized spacial score (nSPS) is 15.6. The van der Waals surface area contributed by atoms with Gasteiger partial charge in [-0.2, -0.15) is 0 Å². The Balaban J connectivity index is 2.75. The van der Waals surface area contributed by atoms with Gasteiger partial charge in [0.05, 0.1) is 12.6 Å². The fraction of sp³-hybridized carbons (Fsp3) is 0.727. The maximum absolute atomic E-state index is 9.38. The SMILES string of the molecule is Cc1nccn1C(CO)C(N)CC(C)C. The highest BCUT2D eigenvalue weighted by atomic mass is 16.3. The Morgan fingerprint density at radius 2 is 2.20 bits per heavy atom. The predicted octanol–water partition coefficient (Wildman–Crippen LogP) is 1.10. The second kappa shape index (κ2) is 5.28. The van der Waals surface area contributed by atoms with Gasteiger partial charge in [-0.25, -0.2) is 4.98 Å².